The highest BCUT2D eigenvalue weighted by atomic mass is 15.1. The molecular formula is C13H21N3. The van der Waals surface area contributed by atoms with E-state index in [9.17, 15) is 0 Å². The Labute approximate surface area is 97.6 Å². The summed E-state index contributed by atoms with van der Waals surface area (Å²) in [6, 6.07) is 6.78. The summed E-state index contributed by atoms with van der Waals surface area (Å²) in [6.07, 6.45) is 2.48. The first kappa shape index (κ1) is 11.4. The molecule has 0 atom stereocenters. The molecule has 16 heavy (non-hydrogen) atoms. The number of nitrogens with one attached hydrogen (secondary N) is 1. The zero-order valence-corrected chi connectivity index (χ0v) is 10.00. The topological polar surface area (TPSA) is 41.3 Å². The lowest BCUT2D eigenvalue weighted by Gasteiger charge is -2.27. The number of benzene rings is 1. The maximum Gasteiger partial charge on any atom is 0.0396 e. The van der Waals surface area contributed by atoms with Crippen molar-refractivity contribution in [3.8, 4) is 0 Å². The summed E-state index contributed by atoms with van der Waals surface area (Å²) in [5.74, 6) is 0. The van der Waals surface area contributed by atoms with Gasteiger partial charge in [-0.15, -0.1) is 0 Å². The number of fused-ring (bicyclic) bond motifs is 1. The Bertz CT molecular complexity index is 349. The van der Waals surface area contributed by atoms with E-state index in [2.05, 4.69) is 35.5 Å². The van der Waals surface area contributed by atoms with Gasteiger partial charge in [0.15, 0.2) is 0 Å². The van der Waals surface area contributed by atoms with Crippen LogP contribution in [0.5, 0.6) is 0 Å². The second kappa shape index (κ2) is 5.32. The van der Waals surface area contributed by atoms with Crippen LogP contribution in [0, 0.1) is 0 Å². The van der Waals surface area contributed by atoms with Crippen LogP contribution in [-0.4, -0.2) is 26.7 Å². The van der Waals surface area contributed by atoms with Crippen molar-refractivity contribution in [1.82, 2.24) is 5.32 Å². The largest absolute Gasteiger partial charge is 0.374 e. The predicted octanol–water partition coefficient (Wildman–Crippen LogP) is 1.12. The van der Waals surface area contributed by atoms with E-state index in [-0.39, 0.29) is 0 Å². The Morgan fingerprint density at radius 2 is 2.31 bits per heavy atom. The van der Waals surface area contributed by atoms with Gasteiger partial charge in [0, 0.05) is 38.9 Å². The van der Waals surface area contributed by atoms with Crippen LogP contribution in [0.25, 0.3) is 0 Å². The lowest BCUT2D eigenvalue weighted by atomic mass is 9.99. The van der Waals surface area contributed by atoms with Crippen LogP contribution < -0.4 is 16.0 Å². The first-order valence-electron chi connectivity index (χ1n) is 6.05. The minimum absolute atomic E-state index is 0.702. The molecule has 1 aliphatic heterocycles. The molecule has 1 heterocycles. The van der Waals surface area contributed by atoms with Gasteiger partial charge in [0.2, 0.25) is 0 Å². The Morgan fingerprint density at radius 1 is 1.44 bits per heavy atom. The normalized spacial score (nSPS) is 15.0. The fourth-order valence-electron chi connectivity index (χ4n) is 2.28. The van der Waals surface area contributed by atoms with Gasteiger partial charge in [0.1, 0.15) is 0 Å². The molecule has 0 bridgehead atoms. The van der Waals surface area contributed by atoms with Crippen LogP contribution in [0.15, 0.2) is 18.2 Å². The minimum Gasteiger partial charge on any atom is -0.374 e. The number of rotatable bonds is 4. The monoisotopic (exact) mass is 219 g/mol. The first-order chi connectivity index (χ1) is 7.81. The molecule has 3 nitrogen and oxygen atoms in total. The highest BCUT2D eigenvalue weighted by Crippen LogP contribution is 2.26. The van der Waals surface area contributed by atoms with E-state index < -0.39 is 0 Å². The van der Waals surface area contributed by atoms with Gasteiger partial charge in [-0.2, -0.15) is 0 Å². The summed E-state index contributed by atoms with van der Waals surface area (Å²) in [5.41, 5.74) is 9.70. The van der Waals surface area contributed by atoms with Gasteiger partial charge < -0.3 is 16.0 Å². The average Bonchev–Trinajstić information content (AvgIpc) is 2.30. The molecule has 0 aliphatic carbocycles. The van der Waals surface area contributed by atoms with Crippen molar-refractivity contribution in [2.45, 2.75) is 19.4 Å². The minimum atomic E-state index is 0.702. The standard InChI is InChI=1S/C13H21N3/c1-16-8-2-3-12-9-11(4-5-13(12)16)10-15-7-6-14/h4-5,9,15H,2-3,6-8,10,14H2,1H3. The SMILES string of the molecule is CN1CCCc2cc(CNCCN)ccc21. The Kier molecular flexibility index (Phi) is 3.80. The smallest absolute Gasteiger partial charge is 0.0396 e. The van der Waals surface area contributed by atoms with Crippen LogP contribution >= 0.6 is 0 Å². The van der Waals surface area contributed by atoms with Crippen molar-refractivity contribution in [2.24, 2.45) is 5.73 Å². The van der Waals surface area contributed by atoms with Crippen LogP contribution in [-0.2, 0) is 13.0 Å². The average molecular weight is 219 g/mol. The van der Waals surface area contributed by atoms with Gasteiger partial charge in [-0.1, -0.05) is 12.1 Å². The third-order valence-electron chi connectivity index (χ3n) is 3.15. The summed E-state index contributed by atoms with van der Waals surface area (Å²) < 4.78 is 0. The lowest BCUT2D eigenvalue weighted by molar-refractivity contribution is 0.691. The van der Waals surface area contributed by atoms with Crippen molar-refractivity contribution >= 4 is 5.69 Å². The van der Waals surface area contributed by atoms with Crippen molar-refractivity contribution in [3.63, 3.8) is 0 Å². The van der Waals surface area contributed by atoms with Gasteiger partial charge in [0.05, 0.1) is 0 Å². The molecule has 0 saturated carbocycles. The number of anilines is 1. The van der Waals surface area contributed by atoms with Crippen LogP contribution in [0.2, 0.25) is 0 Å². The van der Waals surface area contributed by atoms with Crippen LogP contribution in [0.1, 0.15) is 17.5 Å². The molecular weight excluding hydrogens is 198 g/mol. The van der Waals surface area contributed by atoms with Gasteiger partial charge in [-0.25, -0.2) is 0 Å². The number of nitrogens with zero attached hydrogens (tertiary/aromatic N) is 1. The number of aryl methyl sites for hydroxylation is 1. The van der Waals surface area contributed by atoms with Gasteiger partial charge >= 0.3 is 0 Å². The van der Waals surface area contributed by atoms with Gasteiger partial charge in [-0.3, -0.25) is 0 Å². The fourth-order valence-corrected chi connectivity index (χ4v) is 2.28. The number of hydrogen-bond acceptors (Lipinski definition) is 3. The third kappa shape index (κ3) is 2.54. The molecule has 3 heteroatoms. The van der Waals surface area contributed by atoms with Gasteiger partial charge in [-0.05, 0) is 30.0 Å². The Hall–Kier alpha value is -1.06. The maximum atomic E-state index is 5.45. The van der Waals surface area contributed by atoms with E-state index in [1.807, 2.05) is 0 Å². The van der Waals surface area contributed by atoms with Crippen molar-refractivity contribution in [1.29, 1.82) is 0 Å². The summed E-state index contributed by atoms with van der Waals surface area (Å²) in [6.45, 7) is 3.69. The molecule has 1 aromatic rings. The summed E-state index contributed by atoms with van der Waals surface area (Å²) in [7, 11) is 2.17. The molecule has 0 amide bonds. The summed E-state index contributed by atoms with van der Waals surface area (Å²) in [5, 5.41) is 3.33. The van der Waals surface area contributed by atoms with E-state index in [0.717, 1.165) is 13.1 Å². The zero-order chi connectivity index (χ0) is 11.4. The summed E-state index contributed by atoms with van der Waals surface area (Å²) in [4.78, 5) is 2.34. The van der Waals surface area contributed by atoms with E-state index in [1.165, 1.54) is 36.2 Å². The van der Waals surface area contributed by atoms with Gasteiger partial charge in [0.25, 0.3) is 0 Å². The molecule has 3 N–H and O–H groups in total. The third-order valence-corrected chi connectivity index (χ3v) is 3.15. The van der Waals surface area contributed by atoms with Crippen molar-refractivity contribution in [3.05, 3.63) is 29.3 Å². The van der Waals surface area contributed by atoms with Crippen molar-refractivity contribution in [2.75, 3.05) is 31.6 Å². The maximum absolute atomic E-state index is 5.45. The highest BCUT2D eigenvalue weighted by molar-refractivity contribution is 5.56. The molecule has 0 aromatic heterocycles. The second-order valence-electron chi connectivity index (χ2n) is 4.45. The molecule has 2 rings (SSSR count). The van der Waals surface area contributed by atoms with Crippen LogP contribution in [0.4, 0.5) is 5.69 Å². The lowest BCUT2D eigenvalue weighted by Crippen LogP contribution is -2.25. The highest BCUT2D eigenvalue weighted by Gasteiger charge is 2.13. The number of hydrogen-bond donors (Lipinski definition) is 2. The molecule has 0 unspecified atom stereocenters. The first-order valence-corrected chi connectivity index (χ1v) is 6.05. The van der Waals surface area contributed by atoms with Crippen molar-refractivity contribution < 1.29 is 0 Å². The molecule has 88 valence electrons. The Morgan fingerprint density at radius 3 is 3.12 bits per heavy atom. The Balaban J connectivity index is 2.06. The van der Waals surface area contributed by atoms with E-state index in [0.29, 0.717) is 6.54 Å². The molecule has 0 saturated heterocycles. The number of nitrogens with two attached hydrogens (primary N) is 1. The zero-order valence-electron chi connectivity index (χ0n) is 10.00. The molecule has 1 aliphatic rings. The predicted molar refractivity (Wildman–Crippen MR) is 68.8 cm³/mol. The fraction of sp³-hybridized carbons (Fsp3) is 0.538. The molecule has 0 radical (unpaired) electrons. The second-order valence-corrected chi connectivity index (χ2v) is 4.45. The van der Waals surface area contributed by atoms with E-state index >= 15 is 0 Å². The summed E-state index contributed by atoms with van der Waals surface area (Å²) >= 11 is 0. The van der Waals surface area contributed by atoms with Crippen LogP contribution in [0.3, 0.4) is 0 Å². The molecule has 1 aromatic carbocycles. The molecule has 0 fully saturated rings. The van der Waals surface area contributed by atoms with E-state index in [4.69, 9.17) is 5.73 Å². The molecule has 0 spiro atoms. The quantitative estimate of drug-likeness (QED) is 0.746. The van der Waals surface area contributed by atoms with E-state index in [1.54, 1.807) is 0 Å².